The first-order valence-corrected chi connectivity index (χ1v) is 11.3. The maximum Gasteiger partial charge on any atom is 0.311 e. The van der Waals surface area contributed by atoms with Gasteiger partial charge in [-0.05, 0) is 23.6 Å². The van der Waals surface area contributed by atoms with Gasteiger partial charge in [0.05, 0.1) is 6.42 Å². The number of carbonyl (C=O) groups is 1. The van der Waals surface area contributed by atoms with E-state index >= 15 is 0 Å². The second kappa shape index (κ2) is 8.72. The van der Waals surface area contributed by atoms with Crippen molar-refractivity contribution in [3.63, 3.8) is 0 Å². The van der Waals surface area contributed by atoms with Crippen LogP contribution in [0.4, 0.5) is 0 Å². The minimum Gasteiger partial charge on any atom is -0.427 e. The molecular weight excluding hydrogens is 299 g/mol. The lowest BCUT2D eigenvalue weighted by Gasteiger charge is -2.14. The Morgan fingerprint density at radius 1 is 1.16 bits per heavy atom. The normalized spacial score (nSPS) is 11.3. The molecule has 0 heterocycles. The third-order valence-electron chi connectivity index (χ3n) is 2.22. The van der Waals surface area contributed by atoms with Crippen LogP contribution in [-0.4, -0.2) is 23.6 Å². The molecule has 106 valence electrons. The molecule has 0 atom stereocenters. The number of carbonyl (C=O) groups excluding carboxylic acids is 1. The summed E-state index contributed by atoms with van der Waals surface area (Å²) in [7, 11) is 0. The van der Waals surface area contributed by atoms with Crippen molar-refractivity contribution in [1.29, 1.82) is 0 Å². The Bertz CT molecular complexity index is 427. The highest BCUT2D eigenvalue weighted by molar-refractivity contribution is 8.90. The van der Waals surface area contributed by atoms with Gasteiger partial charge in [-0.15, -0.1) is 0 Å². The van der Waals surface area contributed by atoms with E-state index < -0.39 is 5.55 Å². The van der Waals surface area contributed by atoms with Crippen LogP contribution in [0.15, 0.2) is 30.3 Å². The van der Waals surface area contributed by atoms with Gasteiger partial charge in [-0.25, -0.2) is 0 Å². The zero-order valence-electron chi connectivity index (χ0n) is 11.2. The van der Waals surface area contributed by atoms with E-state index in [9.17, 15) is 9.36 Å². The molecule has 0 aliphatic heterocycles. The summed E-state index contributed by atoms with van der Waals surface area (Å²) in [6, 6.07) is 8.96. The van der Waals surface area contributed by atoms with Crippen LogP contribution in [0.25, 0.3) is 0 Å². The molecule has 6 heteroatoms. The summed E-state index contributed by atoms with van der Waals surface area (Å²) in [6.07, 6.45) is 0.599. The van der Waals surface area contributed by atoms with Crippen molar-refractivity contribution in [1.82, 2.24) is 0 Å². The Morgan fingerprint density at radius 3 is 2.26 bits per heavy atom. The van der Waals surface area contributed by atoms with Crippen LogP contribution < -0.4 is 4.74 Å². The standard InChI is InChI=1S/C13H19O3PS2/c1-3-18-17(15,19-4-2)11-10-13(14)16-12-8-6-5-7-9-12/h5-9H,3-4,10-11H2,1-2H3. The minimum atomic E-state index is -2.35. The van der Waals surface area contributed by atoms with Gasteiger partial charge in [-0.2, -0.15) is 0 Å². The molecular formula is C13H19O3PS2. The van der Waals surface area contributed by atoms with Crippen molar-refractivity contribution in [3.05, 3.63) is 30.3 Å². The van der Waals surface area contributed by atoms with Gasteiger partial charge in [0.25, 0.3) is 0 Å². The van der Waals surface area contributed by atoms with E-state index in [1.807, 2.05) is 32.0 Å². The van der Waals surface area contributed by atoms with Crippen molar-refractivity contribution in [2.45, 2.75) is 20.3 Å². The lowest BCUT2D eigenvalue weighted by atomic mass is 10.3. The van der Waals surface area contributed by atoms with Gasteiger partial charge in [-0.1, -0.05) is 54.8 Å². The molecule has 0 aliphatic carbocycles. The van der Waals surface area contributed by atoms with Crippen molar-refractivity contribution < 1.29 is 14.1 Å². The van der Waals surface area contributed by atoms with Crippen molar-refractivity contribution in [2.75, 3.05) is 17.7 Å². The average molecular weight is 318 g/mol. The second-order valence-corrected chi connectivity index (χ2v) is 12.8. The van der Waals surface area contributed by atoms with Crippen LogP contribution in [0.5, 0.6) is 5.75 Å². The fourth-order valence-electron chi connectivity index (χ4n) is 1.46. The van der Waals surface area contributed by atoms with Gasteiger partial charge in [-0.3, -0.25) is 4.79 Å². The molecule has 1 aromatic carbocycles. The van der Waals surface area contributed by atoms with Gasteiger partial charge in [0.1, 0.15) is 5.75 Å². The number of rotatable bonds is 8. The van der Waals surface area contributed by atoms with E-state index in [0.29, 0.717) is 11.9 Å². The topological polar surface area (TPSA) is 43.4 Å². The first-order chi connectivity index (χ1) is 9.09. The summed E-state index contributed by atoms with van der Waals surface area (Å²) in [5.74, 6) is 1.82. The Hall–Kier alpha value is -0.380. The molecule has 0 radical (unpaired) electrons. The Balaban J connectivity index is 2.46. The molecule has 0 aliphatic rings. The van der Waals surface area contributed by atoms with E-state index in [1.54, 1.807) is 12.1 Å². The van der Waals surface area contributed by atoms with E-state index in [1.165, 1.54) is 22.8 Å². The number of hydrogen-bond acceptors (Lipinski definition) is 5. The molecule has 0 saturated heterocycles. The Morgan fingerprint density at radius 2 is 1.74 bits per heavy atom. The van der Waals surface area contributed by atoms with E-state index in [4.69, 9.17) is 4.74 Å². The van der Waals surface area contributed by atoms with Crippen LogP contribution in [0, 0.1) is 0 Å². The second-order valence-electron chi connectivity index (χ2n) is 3.71. The summed E-state index contributed by atoms with van der Waals surface area (Å²) in [5.41, 5.74) is -2.35. The summed E-state index contributed by atoms with van der Waals surface area (Å²) in [4.78, 5) is 11.7. The first-order valence-electron chi connectivity index (χ1n) is 6.23. The highest BCUT2D eigenvalue weighted by Gasteiger charge is 2.23. The van der Waals surface area contributed by atoms with Gasteiger partial charge < -0.3 is 9.30 Å². The first kappa shape index (κ1) is 16.7. The predicted molar refractivity (Wildman–Crippen MR) is 85.4 cm³/mol. The molecule has 0 amide bonds. The molecule has 1 aromatic rings. The molecule has 0 aromatic heterocycles. The van der Waals surface area contributed by atoms with Gasteiger partial charge >= 0.3 is 5.97 Å². The lowest BCUT2D eigenvalue weighted by molar-refractivity contribution is -0.133. The Labute approximate surface area is 122 Å². The summed E-state index contributed by atoms with van der Waals surface area (Å²) in [5, 5.41) is 0. The van der Waals surface area contributed by atoms with Crippen LogP contribution in [0.1, 0.15) is 20.3 Å². The van der Waals surface area contributed by atoms with Crippen LogP contribution in [0.3, 0.4) is 0 Å². The largest absolute Gasteiger partial charge is 0.427 e. The van der Waals surface area contributed by atoms with Crippen LogP contribution >= 0.6 is 28.3 Å². The molecule has 0 fully saturated rings. The molecule has 19 heavy (non-hydrogen) atoms. The molecule has 0 unspecified atom stereocenters. The molecule has 1 rings (SSSR count). The third-order valence-corrected chi connectivity index (χ3v) is 11.2. The smallest absolute Gasteiger partial charge is 0.311 e. The quantitative estimate of drug-likeness (QED) is 0.395. The number of esters is 1. The van der Waals surface area contributed by atoms with E-state index in [2.05, 4.69) is 0 Å². The summed E-state index contributed by atoms with van der Waals surface area (Å²) < 4.78 is 17.7. The number of hydrogen-bond donors (Lipinski definition) is 0. The Kier molecular flexibility index (Phi) is 7.66. The van der Waals surface area contributed by atoms with E-state index in [0.717, 1.165) is 11.5 Å². The lowest BCUT2D eigenvalue weighted by Crippen LogP contribution is -2.09. The molecule has 0 saturated carbocycles. The molecule has 3 nitrogen and oxygen atoms in total. The van der Waals surface area contributed by atoms with Crippen LogP contribution in [-0.2, 0) is 9.36 Å². The number of ether oxygens (including phenoxy) is 1. The molecule has 0 spiro atoms. The SMILES string of the molecule is CCSP(=O)(CCC(=O)Oc1ccccc1)SCC. The van der Waals surface area contributed by atoms with Gasteiger partial charge in [0, 0.05) is 6.16 Å². The fourth-order valence-corrected chi connectivity index (χ4v) is 9.51. The summed E-state index contributed by atoms with van der Waals surface area (Å²) in [6.45, 7) is 3.96. The van der Waals surface area contributed by atoms with Crippen molar-refractivity contribution >= 4 is 34.3 Å². The maximum atomic E-state index is 12.5. The third kappa shape index (κ3) is 6.55. The predicted octanol–water partition coefficient (Wildman–Crippen LogP) is 4.68. The average Bonchev–Trinajstić information content (AvgIpc) is 2.38. The molecule has 0 bridgehead atoms. The van der Waals surface area contributed by atoms with Crippen LogP contribution in [0.2, 0.25) is 0 Å². The van der Waals surface area contributed by atoms with Gasteiger partial charge in [0.2, 0.25) is 0 Å². The zero-order valence-corrected chi connectivity index (χ0v) is 13.7. The minimum absolute atomic E-state index is 0.201. The number of benzene rings is 1. The fraction of sp³-hybridized carbons (Fsp3) is 0.462. The monoisotopic (exact) mass is 318 g/mol. The number of para-hydroxylation sites is 1. The highest BCUT2D eigenvalue weighted by atomic mass is 33.1. The van der Waals surface area contributed by atoms with Crippen molar-refractivity contribution in [2.24, 2.45) is 0 Å². The van der Waals surface area contributed by atoms with E-state index in [-0.39, 0.29) is 12.4 Å². The molecule has 0 N–H and O–H groups in total. The summed E-state index contributed by atoms with van der Waals surface area (Å²) >= 11 is 2.92. The zero-order chi connectivity index (χ0) is 14.1. The maximum absolute atomic E-state index is 12.5. The van der Waals surface area contributed by atoms with Gasteiger partial charge in [0.15, 0.2) is 5.55 Å². The highest BCUT2D eigenvalue weighted by Crippen LogP contribution is 2.68. The van der Waals surface area contributed by atoms with Crippen molar-refractivity contribution in [3.8, 4) is 5.75 Å².